The predicted molar refractivity (Wildman–Crippen MR) is 158 cm³/mol. The zero-order valence-electron chi connectivity index (χ0n) is 25.2. The number of ether oxygens (including phenoxy) is 2. The first kappa shape index (κ1) is 37.2. The van der Waals surface area contributed by atoms with Crippen LogP contribution >= 0.6 is 0 Å². The van der Waals surface area contributed by atoms with Gasteiger partial charge >= 0.3 is 30.3 Å². The van der Waals surface area contributed by atoms with Gasteiger partial charge in [-0.3, -0.25) is 25.2 Å². The molecule has 0 aliphatic heterocycles. The van der Waals surface area contributed by atoms with E-state index in [0.717, 1.165) is 24.3 Å². The third kappa shape index (κ3) is 9.71. The highest BCUT2D eigenvalue weighted by Crippen LogP contribution is 2.31. The lowest BCUT2D eigenvalue weighted by molar-refractivity contribution is -0.159. The largest absolute Gasteiger partial charge is 0.478 e. The van der Waals surface area contributed by atoms with Crippen molar-refractivity contribution < 1.29 is 74.1 Å². The Labute approximate surface area is 281 Å². The second-order valence-electron chi connectivity index (χ2n) is 10.1. The molecule has 3 amide bonds. The van der Waals surface area contributed by atoms with Crippen molar-refractivity contribution in [1.82, 2.24) is 10.9 Å². The number of halogens is 6. The number of carboxylic acids is 1. The van der Waals surface area contributed by atoms with Gasteiger partial charge < -0.3 is 24.3 Å². The number of benzene rings is 3. The van der Waals surface area contributed by atoms with Gasteiger partial charge in [-0.1, -0.05) is 12.1 Å². The Balaban J connectivity index is 1.55. The van der Waals surface area contributed by atoms with Crippen LogP contribution in [0.5, 0.6) is 0 Å². The molecule has 0 unspecified atom stereocenters. The van der Waals surface area contributed by atoms with E-state index in [1.54, 1.807) is 5.43 Å². The number of carbonyl (C=O) groups is 6. The number of anilines is 1. The van der Waals surface area contributed by atoms with Gasteiger partial charge in [0.15, 0.2) is 5.76 Å². The molecule has 0 saturated carbocycles. The summed E-state index contributed by atoms with van der Waals surface area (Å²) in [6.45, 7) is 0. The number of hydrogen-bond acceptors (Lipinski definition) is 9. The Morgan fingerprint density at radius 3 is 1.63 bits per heavy atom. The quantitative estimate of drug-likeness (QED) is 0.0999. The van der Waals surface area contributed by atoms with Gasteiger partial charge in [-0.25, -0.2) is 14.4 Å². The molecule has 0 aliphatic rings. The molecule has 0 spiro atoms. The first-order valence-electron chi connectivity index (χ1n) is 14.0. The summed E-state index contributed by atoms with van der Waals surface area (Å²) in [5.74, 6) is -9.03. The minimum atomic E-state index is -4.94. The average molecular weight is 722 g/mol. The highest BCUT2D eigenvalue weighted by atomic mass is 19.4. The second kappa shape index (κ2) is 15.3. The molecule has 4 rings (SSSR count). The van der Waals surface area contributed by atoms with E-state index < -0.39 is 82.4 Å². The molecule has 0 aliphatic carbocycles. The van der Waals surface area contributed by atoms with Gasteiger partial charge in [0.2, 0.25) is 12.2 Å². The summed E-state index contributed by atoms with van der Waals surface area (Å²) in [5, 5.41) is 12.3. The van der Waals surface area contributed by atoms with E-state index in [1.807, 2.05) is 5.43 Å². The lowest BCUT2D eigenvalue weighted by Crippen LogP contribution is -2.54. The average Bonchev–Trinajstić information content (AvgIpc) is 3.63. The van der Waals surface area contributed by atoms with Crippen LogP contribution in [0.2, 0.25) is 0 Å². The molecule has 0 bridgehead atoms. The van der Waals surface area contributed by atoms with Crippen LogP contribution in [0.1, 0.15) is 52.8 Å². The predicted octanol–water partition coefficient (Wildman–Crippen LogP) is 4.87. The smallest absolute Gasteiger partial charge is 0.416 e. The minimum absolute atomic E-state index is 0.0111. The van der Waals surface area contributed by atoms with E-state index in [4.69, 9.17) is 13.9 Å². The van der Waals surface area contributed by atoms with Gasteiger partial charge in [-0.05, 0) is 72.8 Å². The summed E-state index contributed by atoms with van der Waals surface area (Å²) in [6.07, 6.45) is -14.2. The van der Waals surface area contributed by atoms with Crippen molar-refractivity contribution in [3.63, 3.8) is 0 Å². The van der Waals surface area contributed by atoms with Crippen molar-refractivity contribution >= 4 is 41.3 Å². The van der Waals surface area contributed by atoms with Crippen LogP contribution in [0.3, 0.4) is 0 Å². The number of furan rings is 1. The van der Waals surface area contributed by atoms with Crippen LogP contribution in [0.15, 0.2) is 95.6 Å². The highest BCUT2D eigenvalue weighted by molar-refractivity contribution is 6.03. The number of alkyl halides is 6. The fourth-order valence-corrected chi connectivity index (χ4v) is 4.07. The molecular formula is C32H21F6N3O10. The molecule has 0 radical (unpaired) electrons. The number of nitrogens with one attached hydrogen (secondary N) is 3. The van der Waals surface area contributed by atoms with E-state index in [1.165, 1.54) is 42.7 Å². The standard InChI is InChI=1S/C32H21F6N3O10/c33-31(34,35)19-6-1-4-17(14-19)29(47)50-23(24(28(45)46)51-30(48)18-5-2-7-20(15-18)32(36,37)38)27(44)41-40-25(42)16-9-11-21(12-10-16)39-26(43)22-8-3-13-49-22/h1-15,23-24H,(H,39,43)(H,40,42)(H,41,44)(H,45,46)/t23-,24+/m0/s1. The summed E-state index contributed by atoms with van der Waals surface area (Å²) in [7, 11) is 0. The van der Waals surface area contributed by atoms with Crippen LogP contribution in [0.4, 0.5) is 32.0 Å². The van der Waals surface area contributed by atoms with Crippen LogP contribution in [-0.4, -0.2) is 52.9 Å². The highest BCUT2D eigenvalue weighted by Gasteiger charge is 2.42. The molecular weight excluding hydrogens is 700 g/mol. The Kier molecular flexibility index (Phi) is 11.1. The molecule has 0 fully saturated rings. The molecule has 4 N–H and O–H groups in total. The second-order valence-corrected chi connectivity index (χ2v) is 10.1. The zero-order valence-corrected chi connectivity index (χ0v) is 25.2. The number of aliphatic carboxylic acids is 1. The lowest BCUT2D eigenvalue weighted by atomic mass is 10.1. The maximum atomic E-state index is 13.2. The van der Waals surface area contributed by atoms with Crippen molar-refractivity contribution in [2.24, 2.45) is 0 Å². The Morgan fingerprint density at radius 1 is 0.627 bits per heavy atom. The Bertz CT molecular complexity index is 1940. The van der Waals surface area contributed by atoms with Gasteiger partial charge in [0.1, 0.15) is 0 Å². The van der Waals surface area contributed by atoms with Crippen LogP contribution < -0.4 is 16.2 Å². The Hall–Kier alpha value is -6.66. The van der Waals surface area contributed by atoms with Gasteiger partial charge in [0, 0.05) is 11.3 Å². The van der Waals surface area contributed by atoms with Crippen molar-refractivity contribution in [2.45, 2.75) is 24.6 Å². The fraction of sp³-hybridized carbons (Fsp3) is 0.125. The van der Waals surface area contributed by atoms with Crippen molar-refractivity contribution in [3.8, 4) is 0 Å². The first-order valence-corrected chi connectivity index (χ1v) is 14.0. The summed E-state index contributed by atoms with van der Waals surface area (Å²) in [5.41, 5.74) is -0.673. The number of esters is 2. The third-order valence-electron chi connectivity index (χ3n) is 6.55. The van der Waals surface area contributed by atoms with Crippen molar-refractivity contribution in [2.75, 3.05) is 5.32 Å². The van der Waals surface area contributed by atoms with Gasteiger partial charge in [0.25, 0.3) is 17.7 Å². The van der Waals surface area contributed by atoms with E-state index in [9.17, 15) is 60.2 Å². The topological polar surface area (TPSA) is 190 Å². The summed E-state index contributed by atoms with van der Waals surface area (Å²) < 4.78 is 93.8. The lowest BCUT2D eigenvalue weighted by Gasteiger charge is -2.24. The van der Waals surface area contributed by atoms with Crippen molar-refractivity contribution in [3.05, 3.63) is 125 Å². The molecule has 3 aromatic carbocycles. The molecule has 0 saturated heterocycles. The molecule has 19 heteroatoms. The maximum Gasteiger partial charge on any atom is 0.416 e. The zero-order chi connectivity index (χ0) is 37.5. The maximum absolute atomic E-state index is 13.2. The molecule has 13 nitrogen and oxygen atoms in total. The number of carboxylic acid groups (broad SMARTS) is 1. The molecule has 1 aromatic heterocycles. The molecule has 266 valence electrons. The van der Waals surface area contributed by atoms with E-state index >= 15 is 0 Å². The minimum Gasteiger partial charge on any atom is -0.478 e. The van der Waals surface area contributed by atoms with E-state index in [-0.39, 0.29) is 17.0 Å². The number of carbonyl (C=O) groups excluding carboxylic acids is 5. The summed E-state index contributed by atoms with van der Waals surface area (Å²) >= 11 is 0. The third-order valence-corrected chi connectivity index (χ3v) is 6.55. The number of amides is 3. The monoisotopic (exact) mass is 721 g/mol. The van der Waals surface area contributed by atoms with Crippen LogP contribution in [0, 0.1) is 0 Å². The van der Waals surface area contributed by atoms with Crippen LogP contribution in [0.25, 0.3) is 0 Å². The van der Waals surface area contributed by atoms with E-state index in [0.29, 0.717) is 24.3 Å². The molecule has 1 heterocycles. The van der Waals surface area contributed by atoms with E-state index in [2.05, 4.69) is 5.32 Å². The number of hydrazine groups is 1. The normalized spacial score (nSPS) is 12.5. The van der Waals surface area contributed by atoms with Gasteiger partial charge in [-0.2, -0.15) is 26.3 Å². The molecule has 2 atom stereocenters. The number of rotatable bonds is 10. The summed E-state index contributed by atoms with van der Waals surface area (Å²) in [6, 6.07) is 12.8. The molecule has 4 aromatic rings. The Morgan fingerprint density at radius 2 is 1.16 bits per heavy atom. The van der Waals surface area contributed by atoms with Gasteiger partial charge in [0.05, 0.1) is 28.5 Å². The van der Waals surface area contributed by atoms with Gasteiger partial charge in [-0.15, -0.1) is 0 Å². The fourth-order valence-electron chi connectivity index (χ4n) is 4.07. The first-order chi connectivity index (χ1) is 23.9. The van der Waals surface area contributed by atoms with Crippen LogP contribution in [-0.2, 0) is 31.4 Å². The molecule has 51 heavy (non-hydrogen) atoms. The SMILES string of the molecule is O=C(NNC(=O)[C@@H](OC(=O)c1cccc(C(F)(F)F)c1)[C@@H](OC(=O)c1cccc(C(F)(F)F)c1)C(=O)O)c1ccc(NC(=O)c2ccco2)cc1. The number of hydrogen-bond donors (Lipinski definition) is 4. The summed E-state index contributed by atoms with van der Waals surface area (Å²) in [4.78, 5) is 75.8. The van der Waals surface area contributed by atoms with Crippen molar-refractivity contribution in [1.29, 1.82) is 0 Å².